The summed E-state index contributed by atoms with van der Waals surface area (Å²) in [5.74, 6) is 0.0987. The number of carbonyl (C=O) groups excluding carboxylic acids is 1. The Balaban J connectivity index is 1.93. The predicted octanol–water partition coefficient (Wildman–Crippen LogP) is 3.43. The van der Waals surface area contributed by atoms with Gasteiger partial charge in [0.1, 0.15) is 5.75 Å². The molecule has 2 rings (SSSR count). The molecule has 152 valence electrons. The van der Waals surface area contributed by atoms with Crippen LogP contribution in [0.3, 0.4) is 0 Å². The minimum Gasteiger partial charge on any atom is -0.483 e. The van der Waals surface area contributed by atoms with E-state index in [0.717, 1.165) is 0 Å². The first-order valence-electron chi connectivity index (χ1n) is 8.20. The predicted molar refractivity (Wildman–Crippen MR) is 111 cm³/mol. The second-order valence-electron chi connectivity index (χ2n) is 5.91. The van der Waals surface area contributed by atoms with Gasteiger partial charge < -0.3 is 14.8 Å². The van der Waals surface area contributed by atoms with Crippen molar-refractivity contribution in [2.45, 2.75) is 17.9 Å². The number of rotatable bonds is 9. The van der Waals surface area contributed by atoms with E-state index in [-0.39, 0.29) is 30.1 Å². The molecule has 0 saturated carbocycles. The molecule has 0 aliphatic carbocycles. The quantitative estimate of drug-likeness (QED) is 0.560. The summed E-state index contributed by atoms with van der Waals surface area (Å²) in [6.07, 6.45) is 0. The fraction of sp³-hybridized carbons (Fsp3) is 0.278. The van der Waals surface area contributed by atoms with Crippen LogP contribution < -0.4 is 14.8 Å². The molecule has 2 aromatic rings. The second-order valence-corrected chi connectivity index (χ2v) is 8.92. The monoisotopic (exact) mass is 490 g/mol. The molecule has 0 aromatic heterocycles. The molecule has 0 saturated heterocycles. The molecule has 0 radical (unpaired) electrons. The molecule has 7 nitrogen and oxygen atoms in total. The Labute approximate surface area is 177 Å². The van der Waals surface area contributed by atoms with E-state index >= 15 is 0 Å². The van der Waals surface area contributed by atoms with Crippen molar-refractivity contribution in [3.8, 4) is 5.75 Å². The molecule has 0 heterocycles. The lowest BCUT2D eigenvalue weighted by atomic mass is 10.3. The van der Waals surface area contributed by atoms with E-state index < -0.39 is 10.0 Å². The molecular formula is C18H20BrClN2O5S. The summed E-state index contributed by atoms with van der Waals surface area (Å²) in [5, 5.41) is 3.19. The number of hydrogen-bond donors (Lipinski definition) is 2. The highest BCUT2D eigenvalue weighted by Crippen LogP contribution is 2.27. The van der Waals surface area contributed by atoms with Crippen molar-refractivity contribution in [1.82, 2.24) is 4.72 Å². The number of anilines is 1. The van der Waals surface area contributed by atoms with E-state index in [1.807, 2.05) is 0 Å². The first-order valence-corrected chi connectivity index (χ1v) is 10.9. The van der Waals surface area contributed by atoms with Crippen molar-refractivity contribution in [2.75, 3.05) is 25.6 Å². The van der Waals surface area contributed by atoms with Gasteiger partial charge in [-0.05, 0) is 65.3 Å². The molecule has 0 aliphatic heterocycles. The molecule has 10 heteroatoms. The van der Waals surface area contributed by atoms with Crippen LogP contribution in [0.2, 0.25) is 5.02 Å². The highest BCUT2D eigenvalue weighted by atomic mass is 79.9. The molecule has 1 atom stereocenters. The molecule has 2 aromatic carbocycles. The number of hydrogen-bond acceptors (Lipinski definition) is 5. The summed E-state index contributed by atoms with van der Waals surface area (Å²) in [6.45, 7) is 1.75. The maximum atomic E-state index is 12.3. The van der Waals surface area contributed by atoms with Gasteiger partial charge in [-0.2, -0.15) is 0 Å². The smallest absolute Gasteiger partial charge is 0.262 e. The van der Waals surface area contributed by atoms with Crippen LogP contribution in [-0.2, 0) is 19.6 Å². The molecule has 28 heavy (non-hydrogen) atoms. The fourth-order valence-corrected chi connectivity index (χ4v) is 4.29. The number of halogens is 2. The maximum absolute atomic E-state index is 12.3. The molecule has 0 fully saturated rings. The molecular weight excluding hydrogens is 472 g/mol. The number of amides is 1. The summed E-state index contributed by atoms with van der Waals surface area (Å²) in [4.78, 5) is 12.1. The second kappa shape index (κ2) is 10.2. The van der Waals surface area contributed by atoms with Gasteiger partial charge in [0.15, 0.2) is 6.61 Å². The minimum absolute atomic E-state index is 0.0924. The van der Waals surface area contributed by atoms with E-state index in [1.54, 1.807) is 25.1 Å². The van der Waals surface area contributed by atoms with Crippen LogP contribution in [0, 0.1) is 0 Å². The lowest BCUT2D eigenvalue weighted by molar-refractivity contribution is -0.118. The Kier molecular flexibility index (Phi) is 8.26. The lowest BCUT2D eigenvalue weighted by Crippen LogP contribution is -2.35. The topological polar surface area (TPSA) is 93.7 Å². The molecule has 2 N–H and O–H groups in total. The average Bonchev–Trinajstić information content (AvgIpc) is 2.61. The van der Waals surface area contributed by atoms with Gasteiger partial charge in [-0.25, -0.2) is 13.1 Å². The van der Waals surface area contributed by atoms with Crippen LogP contribution >= 0.6 is 27.5 Å². The van der Waals surface area contributed by atoms with Gasteiger partial charge in [-0.3, -0.25) is 4.79 Å². The van der Waals surface area contributed by atoms with Crippen LogP contribution in [0.25, 0.3) is 0 Å². The highest BCUT2D eigenvalue weighted by molar-refractivity contribution is 9.10. The molecule has 0 spiro atoms. The number of ether oxygens (including phenoxy) is 2. The first-order chi connectivity index (χ1) is 13.2. The van der Waals surface area contributed by atoms with Crippen LogP contribution in [0.1, 0.15) is 6.92 Å². The third kappa shape index (κ3) is 6.75. The third-order valence-corrected chi connectivity index (χ3v) is 5.93. The normalized spacial score (nSPS) is 12.4. The van der Waals surface area contributed by atoms with Gasteiger partial charge in [0.2, 0.25) is 10.0 Å². The number of nitrogens with one attached hydrogen (secondary N) is 2. The number of methoxy groups -OCH3 is 1. The van der Waals surface area contributed by atoms with Crippen molar-refractivity contribution in [2.24, 2.45) is 0 Å². The molecule has 1 amide bonds. The summed E-state index contributed by atoms with van der Waals surface area (Å²) in [7, 11) is -2.17. The number of carbonyl (C=O) groups is 1. The van der Waals surface area contributed by atoms with Crippen LogP contribution in [-0.4, -0.2) is 40.7 Å². The van der Waals surface area contributed by atoms with Gasteiger partial charge in [-0.15, -0.1) is 0 Å². The van der Waals surface area contributed by atoms with Crippen molar-refractivity contribution in [3.05, 3.63) is 52.0 Å². The van der Waals surface area contributed by atoms with Crippen molar-refractivity contribution in [3.63, 3.8) is 0 Å². The third-order valence-electron chi connectivity index (χ3n) is 3.47. The van der Waals surface area contributed by atoms with E-state index in [2.05, 4.69) is 26.0 Å². The van der Waals surface area contributed by atoms with Gasteiger partial charge >= 0.3 is 0 Å². The number of benzene rings is 2. The first kappa shape index (κ1) is 22.6. The maximum Gasteiger partial charge on any atom is 0.262 e. The Morgan fingerprint density at radius 2 is 1.89 bits per heavy atom. The summed E-state index contributed by atoms with van der Waals surface area (Å²) < 4.78 is 38.1. The van der Waals surface area contributed by atoms with Gasteiger partial charge in [0.05, 0.1) is 16.0 Å². The molecule has 0 aliphatic rings. The van der Waals surface area contributed by atoms with E-state index in [9.17, 15) is 13.2 Å². The van der Waals surface area contributed by atoms with Gasteiger partial charge in [0, 0.05) is 23.9 Å². The Morgan fingerprint density at radius 3 is 2.50 bits per heavy atom. The average molecular weight is 492 g/mol. The summed E-state index contributed by atoms with van der Waals surface area (Å²) in [6, 6.07) is 10.4. The Morgan fingerprint density at radius 1 is 1.21 bits per heavy atom. The minimum atomic E-state index is -3.66. The SMILES string of the molecule is COC[C@H](C)NS(=O)(=O)c1ccc(NC(=O)COc2ccc(Cl)cc2Br)cc1. The van der Waals surface area contributed by atoms with Crippen molar-refractivity contribution >= 4 is 49.1 Å². The number of sulfonamides is 1. The summed E-state index contributed by atoms with van der Waals surface area (Å²) >= 11 is 9.16. The molecule has 0 unspecified atom stereocenters. The van der Waals surface area contributed by atoms with E-state index in [4.69, 9.17) is 21.1 Å². The van der Waals surface area contributed by atoms with Crippen LogP contribution in [0.4, 0.5) is 5.69 Å². The Bertz CT molecular complexity index is 922. The van der Waals surface area contributed by atoms with E-state index in [1.165, 1.54) is 31.4 Å². The molecule has 0 bridgehead atoms. The Hall–Kier alpha value is -1.65. The van der Waals surface area contributed by atoms with Crippen molar-refractivity contribution < 1.29 is 22.7 Å². The summed E-state index contributed by atoms with van der Waals surface area (Å²) in [5.41, 5.74) is 0.452. The van der Waals surface area contributed by atoms with Crippen molar-refractivity contribution in [1.29, 1.82) is 0 Å². The highest BCUT2D eigenvalue weighted by Gasteiger charge is 2.17. The van der Waals surface area contributed by atoms with Crippen LogP contribution in [0.15, 0.2) is 51.8 Å². The lowest BCUT2D eigenvalue weighted by Gasteiger charge is -2.13. The van der Waals surface area contributed by atoms with Gasteiger partial charge in [0.25, 0.3) is 5.91 Å². The zero-order valence-electron chi connectivity index (χ0n) is 15.2. The standard InChI is InChI=1S/C18H20BrClN2O5S/c1-12(10-26-2)22-28(24,25)15-6-4-14(5-7-15)21-18(23)11-27-17-8-3-13(20)9-16(17)19/h3-9,12,22H,10-11H2,1-2H3,(H,21,23)/t12-/m0/s1. The largest absolute Gasteiger partial charge is 0.483 e. The van der Waals surface area contributed by atoms with E-state index in [0.29, 0.717) is 20.9 Å². The van der Waals surface area contributed by atoms with Gasteiger partial charge in [-0.1, -0.05) is 11.6 Å². The zero-order valence-corrected chi connectivity index (χ0v) is 18.4. The zero-order chi connectivity index (χ0) is 20.7. The fourth-order valence-electron chi connectivity index (χ4n) is 2.27. The van der Waals surface area contributed by atoms with Crippen LogP contribution in [0.5, 0.6) is 5.75 Å².